The Bertz CT molecular complexity index is 948. The molecule has 6 nitrogen and oxygen atoms in total. The molecule has 0 unspecified atom stereocenters. The van der Waals surface area contributed by atoms with Crippen LogP contribution >= 0.6 is 0 Å². The van der Waals surface area contributed by atoms with E-state index in [0.717, 1.165) is 23.3 Å². The molecule has 0 aromatic heterocycles. The predicted molar refractivity (Wildman–Crippen MR) is 117 cm³/mol. The molecule has 2 aromatic carbocycles. The van der Waals surface area contributed by atoms with Gasteiger partial charge in [0.05, 0.1) is 18.0 Å². The van der Waals surface area contributed by atoms with Crippen molar-refractivity contribution in [2.45, 2.75) is 44.0 Å². The molecular formula is C23H30N2O4S. The van der Waals surface area contributed by atoms with Crippen LogP contribution in [0.3, 0.4) is 0 Å². The molecule has 162 valence electrons. The summed E-state index contributed by atoms with van der Waals surface area (Å²) in [5.41, 5.74) is 2.05. The van der Waals surface area contributed by atoms with Crippen LogP contribution < -0.4 is 10.1 Å². The summed E-state index contributed by atoms with van der Waals surface area (Å²) >= 11 is 0. The monoisotopic (exact) mass is 430 g/mol. The number of nitrogens with zero attached hydrogens (tertiary/aromatic N) is 1. The van der Waals surface area contributed by atoms with Crippen molar-refractivity contribution in [3.8, 4) is 5.75 Å². The van der Waals surface area contributed by atoms with Gasteiger partial charge in [-0.2, -0.15) is 4.31 Å². The van der Waals surface area contributed by atoms with Crippen molar-refractivity contribution >= 4 is 15.9 Å². The first-order valence-corrected chi connectivity index (χ1v) is 11.8. The second kappa shape index (κ2) is 9.62. The van der Waals surface area contributed by atoms with Crippen molar-refractivity contribution in [1.82, 2.24) is 9.62 Å². The molecule has 1 atom stereocenters. The van der Waals surface area contributed by atoms with E-state index >= 15 is 0 Å². The number of carbonyl (C=O) groups is 1. The van der Waals surface area contributed by atoms with Gasteiger partial charge in [0, 0.05) is 19.0 Å². The molecule has 0 bridgehead atoms. The second-order valence-electron chi connectivity index (χ2n) is 7.73. The molecular weight excluding hydrogens is 400 g/mol. The third-order valence-corrected chi connectivity index (χ3v) is 7.64. The van der Waals surface area contributed by atoms with Crippen LogP contribution in [0.4, 0.5) is 0 Å². The highest BCUT2D eigenvalue weighted by Gasteiger charge is 2.32. The van der Waals surface area contributed by atoms with Crippen molar-refractivity contribution in [2.75, 3.05) is 20.2 Å². The molecule has 2 aromatic rings. The van der Waals surface area contributed by atoms with E-state index in [1.807, 2.05) is 38.1 Å². The predicted octanol–water partition coefficient (Wildman–Crippen LogP) is 3.67. The summed E-state index contributed by atoms with van der Waals surface area (Å²) in [6.07, 6.45) is 1.82. The molecule has 1 aliphatic rings. The number of ether oxygens (including phenoxy) is 1. The zero-order valence-electron chi connectivity index (χ0n) is 17.8. The maximum absolute atomic E-state index is 12.9. The molecule has 0 radical (unpaired) electrons. The highest BCUT2D eigenvalue weighted by molar-refractivity contribution is 7.89. The molecule has 1 aliphatic heterocycles. The van der Waals surface area contributed by atoms with Gasteiger partial charge in [0.15, 0.2) is 0 Å². The Hall–Kier alpha value is -2.38. The highest BCUT2D eigenvalue weighted by Crippen LogP contribution is 2.26. The molecule has 1 saturated heterocycles. The SMILES string of the molecule is CC[C@@H](NC(=O)C1CCN(S(=O)(=O)c2ccc(C)cc2)CC1)c1ccc(OC)cc1. The van der Waals surface area contributed by atoms with Crippen LogP contribution in [0, 0.1) is 12.8 Å². The van der Waals surface area contributed by atoms with Gasteiger partial charge in [-0.1, -0.05) is 36.8 Å². The number of hydrogen-bond acceptors (Lipinski definition) is 4. The topological polar surface area (TPSA) is 75.7 Å². The number of piperidine rings is 1. The maximum atomic E-state index is 12.9. The van der Waals surface area contributed by atoms with Gasteiger partial charge >= 0.3 is 0 Å². The first kappa shape index (κ1) is 22.3. The number of benzene rings is 2. The van der Waals surface area contributed by atoms with Crippen molar-refractivity contribution < 1.29 is 17.9 Å². The van der Waals surface area contributed by atoms with Crippen LogP contribution in [-0.2, 0) is 14.8 Å². The smallest absolute Gasteiger partial charge is 0.243 e. The summed E-state index contributed by atoms with van der Waals surface area (Å²) in [7, 11) is -1.89. The first-order valence-electron chi connectivity index (χ1n) is 10.4. The van der Waals surface area contributed by atoms with E-state index in [1.165, 1.54) is 4.31 Å². The number of amides is 1. The van der Waals surface area contributed by atoms with Crippen molar-refractivity contribution in [1.29, 1.82) is 0 Å². The van der Waals surface area contributed by atoms with Crippen molar-refractivity contribution in [3.63, 3.8) is 0 Å². The fourth-order valence-corrected chi connectivity index (χ4v) is 5.23. The van der Waals surface area contributed by atoms with Gasteiger partial charge < -0.3 is 10.1 Å². The van der Waals surface area contributed by atoms with Gasteiger partial charge in [0.2, 0.25) is 15.9 Å². The van der Waals surface area contributed by atoms with E-state index in [-0.39, 0.29) is 17.9 Å². The minimum absolute atomic E-state index is 0.00921. The number of carbonyl (C=O) groups excluding carboxylic acids is 1. The summed E-state index contributed by atoms with van der Waals surface area (Å²) < 4.78 is 32.4. The average Bonchev–Trinajstić information content (AvgIpc) is 2.78. The number of sulfonamides is 1. The summed E-state index contributed by atoms with van der Waals surface area (Å²) in [6, 6.07) is 14.5. The van der Waals surface area contributed by atoms with Gasteiger partial charge in [-0.3, -0.25) is 4.79 Å². The van der Waals surface area contributed by atoms with Crippen LogP contribution in [0.25, 0.3) is 0 Å². The van der Waals surface area contributed by atoms with E-state index < -0.39 is 10.0 Å². The van der Waals surface area contributed by atoms with Crippen LogP contribution in [0.1, 0.15) is 43.4 Å². The van der Waals surface area contributed by atoms with Gasteiger partial charge in [0.25, 0.3) is 0 Å². The van der Waals surface area contributed by atoms with Crippen LogP contribution in [-0.4, -0.2) is 38.8 Å². The summed E-state index contributed by atoms with van der Waals surface area (Å²) in [4.78, 5) is 13.1. The van der Waals surface area contributed by atoms with E-state index in [2.05, 4.69) is 5.32 Å². The second-order valence-corrected chi connectivity index (χ2v) is 9.67. The van der Waals surface area contributed by atoms with Gasteiger partial charge in [-0.25, -0.2) is 8.42 Å². The number of hydrogen-bond donors (Lipinski definition) is 1. The molecule has 1 fully saturated rings. The van der Waals surface area contributed by atoms with E-state index in [9.17, 15) is 13.2 Å². The number of methoxy groups -OCH3 is 1. The Morgan fingerprint density at radius 3 is 2.23 bits per heavy atom. The Labute approximate surface area is 179 Å². The van der Waals surface area contributed by atoms with Crippen LogP contribution in [0.5, 0.6) is 5.75 Å². The molecule has 30 heavy (non-hydrogen) atoms. The number of rotatable bonds is 7. The third kappa shape index (κ3) is 5.02. The zero-order valence-corrected chi connectivity index (χ0v) is 18.6. The number of aryl methyl sites for hydroxylation is 1. The standard InChI is InChI=1S/C23H30N2O4S/c1-4-22(18-7-9-20(29-3)10-8-18)24-23(26)19-13-15-25(16-14-19)30(27,28)21-11-5-17(2)6-12-21/h5-12,19,22H,4,13-16H2,1-3H3,(H,24,26)/t22-/m1/s1. The fraction of sp³-hybridized carbons (Fsp3) is 0.435. The molecule has 1 N–H and O–H groups in total. The average molecular weight is 431 g/mol. The third-order valence-electron chi connectivity index (χ3n) is 5.73. The van der Waals surface area contributed by atoms with Crippen molar-refractivity contribution in [2.24, 2.45) is 5.92 Å². The minimum Gasteiger partial charge on any atom is -0.497 e. The molecule has 0 saturated carbocycles. The van der Waals surface area contributed by atoms with Crippen LogP contribution in [0.2, 0.25) is 0 Å². The number of nitrogens with one attached hydrogen (secondary N) is 1. The molecule has 7 heteroatoms. The largest absolute Gasteiger partial charge is 0.497 e. The van der Waals surface area contributed by atoms with Crippen molar-refractivity contribution in [3.05, 3.63) is 59.7 Å². The summed E-state index contributed by atoms with van der Waals surface area (Å²) in [5, 5.41) is 3.13. The quantitative estimate of drug-likeness (QED) is 0.727. The summed E-state index contributed by atoms with van der Waals surface area (Å²) in [5.74, 6) is 0.592. The Balaban J connectivity index is 1.59. The minimum atomic E-state index is -3.52. The Morgan fingerprint density at radius 1 is 1.10 bits per heavy atom. The van der Waals surface area contributed by atoms with E-state index in [4.69, 9.17) is 4.74 Å². The maximum Gasteiger partial charge on any atom is 0.243 e. The molecule has 3 rings (SSSR count). The highest BCUT2D eigenvalue weighted by atomic mass is 32.2. The van der Waals surface area contributed by atoms with E-state index in [1.54, 1.807) is 31.4 Å². The Kier molecular flexibility index (Phi) is 7.15. The normalized spacial score (nSPS) is 16.8. The Morgan fingerprint density at radius 2 is 1.70 bits per heavy atom. The van der Waals surface area contributed by atoms with Crippen LogP contribution in [0.15, 0.2) is 53.4 Å². The molecule has 1 heterocycles. The molecule has 1 amide bonds. The first-order chi connectivity index (χ1) is 14.3. The zero-order chi connectivity index (χ0) is 21.7. The van der Waals surface area contributed by atoms with Gasteiger partial charge in [-0.05, 0) is 56.0 Å². The van der Waals surface area contributed by atoms with E-state index in [0.29, 0.717) is 30.8 Å². The lowest BCUT2D eigenvalue weighted by Crippen LogP contribution is -2.43. The van der Waals surface area contributed by atoms with Gasteiger partial charge in [0.1, 0.15) is 5.75 Å². The fourth-order valence-electron chi connectivity index (χ4n) is 3.76. The van der Waals surface area contributed by atoms with Gasteiger partial charge in [-0.15, -0.1) is 0 Å². The lowest BCUT2D eigenvalue weighted by molar-refractivity contribution is -0.126. The summed E-state index contributed by atoms with van der Waals surface area (Å²) in [6.45, 7) is 4.67. The lowest BCUT2D eigenvalue weighted by atomic mass is 9.95. The molecule has 0 spiro atoms. The lowest BCUT2D eigenvalue weighted by Gasteiger charge is -2.31. The molecule has 0 aliphatic carbocycles.